The van der Waals surface area contributed by atoms with E-state index in [1.807, 2.05) is 29.6 Å². The fourth-order valence-electron chi connectivity index (χ4n) is 2.55. The Kier molecular flexibility index (Phi) is 6.61. The molecular weight excluding hydrogens is 421 g/mol. The first kappa shape index (κ1) is 20.3. The molecule has 0 unspecified atom stereocenters. The standard InChI is InChI=1S/C19H17Cl2N3O3S/c1-25-15-7-5-4-6-12(15)14-10-28-19(23-14)24-22-9-11-8-13(20)18(27-3)16(21)17(11)26-2/h4-10H,1-3H3,(H,23,24)/b22-9-. The summed E-state index contributed by atoms with van der Waals surface area (Å²) in [4.78, 5) is 4.54. The number of hydrazone groups is 1. The summed E-state index contributed by atoms with van der Waals surface area (Å²) < 4.78 is 15.9. The lowest BCUT2D eigenvalue weighted by molar-refractivity contribution is 0.394. The molecule has 2 aromatic carbocycles. The minimum absolute atomic E-state index is 0.284. The Morgan fingerprint density at radius 1 is 1.07 bits per heavy atom. The molecule has 28 heavy (non-hydrogen) atoms. The summed E-state index contributed by atoms with van der Waals surface area (Å²) in [6, 6.07) is 9.36. The number of benzene rings is 2. The Hall–Kier alpha value is -2.48. The van der Waals surface area contributed by atoms with Crippen molar-refractivity contribution in [3.63, 3.8) is 0 Å². The van der Waals surface area contributed by atoms with Crippen LogP contribution in [0.25, 0.3) is 11.3 Å². The molecule has 0 aliphatic heterocycles. The van der Waals surface area contributed by atoms with E-state index in [0.29, 0.717) is 27.2 Å². The zero-order valence-corrected chi connectivity index (χ0v) is 17.7. The van der Waals surface area contributed by atoms with Crippen LogP contribution in [0.15, 0.2) is 40.8 Å². The molecule has 3 rings (SSSR count). The summed E-state index contributed by atoms with van der Waals surface area (Å²) in [5, 5.41) is 7.41. The molecule has 146 valence electrons. The Balaban J connectivity index is 1.80. The van der Waals surface area contributed by atoms with Gasteiger partial charge in [-0.05, 0) is 18.2 Å². The van der Waals surface area contributed by atoms with Gasteiger partial charge in [-0.2, -0.15) is 5.10 Å². The fraction of sp³-hybridized carbons (Fsp3) is 0.158. The minimum atomic E-state index is 0.284. The Morgan fingerprint density at radius 3 is 2.54 bits per heavy atom. The van der Waals surface area contributed by atoms with Gasteiger partial charge in [0.25, 0.3) is 0 Å². The number of anilines is 1. The molecule has 0 aliphatic carbocycles. The monoisotopic (exact) mass is 437 g/mol. The van der Waals surface area contributed by atoms with E-state index in [-0.39, 0.29) is 5.02 Å². The van der Waals surface area contributed by atoms with Gasteiger partial charge in [0.05, 0.1) is 38.3 Å². The molecule has 0 bridgehead atoms. The highest BCUT2D eigenvalue weighted by Gasteiger charge is 2.16. The van der Waals surface area contributed by atoms with E-state index < -0.39 is 0 Å². The predicted molar refractivity (Wildman–Crippen MR) is 115 cm³/mol. The molecular formula is C19H17Cl2N3O3S. The number of nitrogens with one attached hydrogen (secondary N) is 1. The first-order valence-electron chi connectivity index (χ1n) is 8.07. The van der Waals surface area contributed by atoms with E-state index in [4.69, 9.17) is 37.4 Å². The van der Waals surface area contributed by atoms with Crippen molar-refractivity contribution < 1.29 is 14.2 Å². The number of thiazole rings is 1. The van der Waals surface area contributed by atoms with Crippen LogP contribution in [0.3, 0.4) is 0 Å². The third-order valence-corrected chi connectivity index (χ3v) is 5.19. The molecule has 1 N–H and O–H groups in total. The van der Waals surface area contributed by atoms with E-state index in [1.165, 1.54) is 25.6 Å². The van der Waals surface area contributed by atoms with Crippen LogP contribution in [0.1, 0.15) is 5.56 Å². The van der Waals surface area contributed by atoms with Crippen LogP contribution in [0.5, 0.6) is 17.2 Å². The van der Waals surface area contributed by atoms with Crippen molar-refractivity contribution in [2.45, 2.75) is 0 Å². The summed E-state index contributed by atoms with van der Waals surface area (Å²) in [7, 11) is 4.64. The van der Waals surface area contributed by atoms with Gasteiger partial charge < -0.3 is 14.2 Å². The first-order chi connectivity index (χ1) is 13.6. The van der Waals surface area contributed by atoms with Crippen molar-refractivity contribution >= 4 is 45.9 Å². The highest BCUT2D eigenvalue weighted by atomic mass is 35.5. The first-order valence-corrected chi connectivity index (χ1v) is 9.70. The number of nitrogens with zero attached hydrogens (tertiary/aromatic N) is 2. The zero-order chi connectivity index (χ0) is 20.1. The van der Waals surface area contributed by atoms with Crippen LogP contribution in [0.4, 0.5) is 5.13 Å². The normalized spacial score (nSPS) is 10.9. The second kappa shape index (κ2) is 9.14. The van der Waals surface area contributed by atoms with Gasteiger partial charge in [-0.3, -0.25) is 5.43 Å². The summed E-state index contributed by atoms with van der Waals surface area (Å²) in [5.74, 6) is 1.53. The smallest absolute Gasteiger partial charge is 0.203 e. The third kappa shape index (κ3) is 4.16. The van der Waals surface area contributed by atoms with E-state index in [9.17, 15) is 0 Å². The number of rotatable bonds is 7. The van der Waals surface area contributed by atoms with Crippen molar-refractivity contribution in [3.05, 3.63) is 51.3 Å². The molecule has 3 aromatic rings. The quantitative estimate of drug-likeness (QED) is 0.385. The average Bonchev–Trinajstić information content (AvgIpc) is 3.17. The topological polar surface area (TPSA) is 65.0 Å². The number of para-hydroxylation sites is 1. The maximum absolute atomic E-state index is 6.28. The van der Waals surface area contributed by atoms with Crippen LogP contribution in [0, 0.1) is 0 Å². The molecule has 0 radical (unpaired) electrons. The van der Waals surface area contributed by atoms with E-state index in [2.05, 4.69) is 15.5 Å². The van der Waals surface area contributed by atoms with Crippen molar-refractivity contribution in [1.29, 1.82) is 0 Å². The van der Waals surface area contributed by atoms with Gasteiger partial charge in [-0.25, -0.2) is 4.98 Å². The van der Waals surface area contributed by atoms with Crippen molar-refractivity contribution in [3.8, 4) is 28.5 Å². The summed E-state index contributed by atoms with van der Waals surface area (Å²) in [6.07, 6.45) is 1.56. The summed E-state index contributed by atoms with van der Waals surface area (Å²) >= 11 is 13.9. The van der Waals surface area contributed by atoms with Crippen molar-refractivity contribution in [2.24, 2.45) is 5.10 Å². The zero-order valence-electron chi connectivity index (χ0n) is 15.3. The lowest BCUT2D eigenvalue weighted by Crippen LogP contribution is -1.97. The van der Waals surface area contributed by atoms with Gasteiger partial charge in [0.15, 0.2) is 5.75 Å². The second-order valence-corrected chi connectivity index (χ2v) is 7.08. The maximum atomic E-state index is 6.28. The molecule has 1 aromatic heterocycles. The van der Waals surface area contributed by atoms with Gasteiger partial charge in [0, 0.05) is 16.5 Å². The summed E-state index contributed by atoms with van der Waals surface area (Å²) in [6.45, 7) is 0. The van der Waals surface area contributed by atoms with Gasteiger partial charge in [-0.15, -0.1) is 11.3 Å². The largest absolute Gasteiger partial charge is 0.496 e. The lowest BCUT2D eigenvalue weighted by Gasteiger charge is -2.12. The molecule has 0 saturated carbocycles. The molecule has 9 heteroatoms. The molecule has 0 atom stereocenters. The highest BCUT2D eigenvalue weighted by Crippen LogP contribution is 2.41. The molecule has 0 spiro atoms. The van der Waals surface area contributed by atoms with Crippen LogP contribution in [0.2, 0.25) is 10.0 Å². The summed E-state index contributed by atoms with van der Waals surface area (Å²) in [5.41, 5.74) is 5.22. The number of halogens is 2. The van der Waals surface area contributed by atoms with E-state index >= 15 is 0 Å². The van der Waals surface area contributed by atoms with Crippen LogP contribution < -0.4 is 19.6 Å². The van der Waals surface area contributed by atoms with Gasteiger partial charge in [-0.1, -0.05) is 35.3 Å². The van der Waals surface area contributed by atoms with Gasteiger partial charge >= 0.3 is 0 Å². The Bertz CT molecular complexity index is 1010. The van der Waals surface area contributed by atoms with E-state index in [0.717, 1.165) is 17.0 Å². The Morgan fingerprint density at radius 2 is 1.82 bits per heavy atom. The molecule has 0 fully saturated rings. The van der Waals surface area contributed by atoms with E-state index in [1.54, 1.807) is 19.4 Å². The lowest BCUT2D eigenvalue weighted by atomic mass is 10.1. The Labute approximate surface area is 176 Å². The van der Waals surface area contributed by atoms with Crippen molar-refractivity contribution in [1.82, 2.24) is 4.98 Å². The molecule has 1 heterocycles. The van der Waals surface area contributed by atoms with Gasteiger partial charge in [0.1, 0.15) is 16.5 Å². The molecule has 0 saturated heterocycles. The second-order valence-electron chi connectivity index (χ2n) is 5.44. The number of ether oxygens (including phenoxy) is 3. The number of hydrogen-bond acceptors (Lipinski definition) is 7. The number of methoxy groups -OCH3 is 3. The highest BCUT2D eigenvalue weighted by molar-refractivity contribution is 7.14. The van der Waals surface area contributed by atoms with Crippen molar-refractivity contribution in [2.75, 3.05) is 26.8 Å². The van der Waals surface area contributed by atoms with Gasteiger partial charge in [0.2, 0.25) is 5.13 Å². The average molecular weight is 438 g/mol. The maximum Gasteiger partial charge on any atom is 0.203 e. The molecule has 0 aliphatic rings. The number of hydrogen-bond donors (Lipinski definition) is 1. The third-order valence-electron chi connectivity index (χ3n) is 3.82. The van der Waals surface area contributed by atoms with Crippen LogP contribution >= 0.6 is 34.5 Å². The fourth-order valence-corrected chi connectivity index (χ4v) is 3.92. The van der Waals surface area contributed by atoms with Crippen LogP contribution in [-0.4, -0.2) is 32.5 Å². The predicted octanol–water partition coefficient (Wildman–Crippen LogP) is 5.59. The number of aromatic nitrogens is 1. The minimum Gasteiger partial charge on any atom is -0.496 e. The molecule has 6 nitrogen and oxygen atoms in total. The molecule has 0 amide bonds. The van der Waals surface area contributed by atoms with Crippen LogP contribution in [-0.2, 0) is 0 Å². The SMILES string of the molecule is COc1ccccc1-c1csc(N/N=C\c2cc(Cl)c(OC)c(Cl)c2OC)n1.